The normalized spacial score (nSPS) is 12.8. The Kier molecular flexibility index (Phi) is 4.04. The minimum Gasteiger partial charge on any atom is -0.283 e. The third-order valence-corrected chi connectivity index (χ3v) is 2.89. The summed E-state index contributed by atoms with van der Waals surface area (Å²) in [6.45, 7) is 2.07. The summed E-state index contributed by atoms with van der Waals surface area (Å²) < 4.78 is 0.828. The second-order valence-corrected chi connectivity index (χ2v) is 4.56. The van der Waals surface area contributed by atoms with Crippen LogP contribution in [0.3, 0.4) is 0 Å². The molecular weight excluding hydrogens is 276 g/mol. The van der Waals surface area contributed by atoms with E-state index in [1.807, 2.05) is 42.6 Å². The van der Waals surface area contributed by atoms with Crippen molar-refractivity contribution in [2.45, 2.75) is 13.0 Å². The van der Waals surface area contributed by atoms with Crippen molar-refractivity contribution in [3.8, 4) is 0 Å². The van der Waals surface area contributed by atoms with Crippen LogP contribution in [-0.2, 0) is 0 Å². The second-order valence-electron chi connectivity index (χ2n) is 3.75. The largest absolute Gasteiger partial charge is 0.283 e. The van der Waals surface area contributed by atoms with Gasteiger partial charge in [0.2, 0.25) is 0 Å². The Hall–Kier alpha value is -1.48. The molecule has 1 aromatic carbocycles. The lowest BCUT2D eigenvalue weighted by Crippen LogP contribution is -1.92. The number of rotatable bonds is 3. The summed E-state index contributed by atoms with van der Waals surface area (Å²) in [6.07, 6.45) is 1.81. The molecule has 1 atom stereocenters. The zero-order chi connectivity index (χ0) is 12.1. The van der Waals surface area contributed by atoms with Crippen LogP contribution < -0.4 is 0 Å². The molecule has 17 heavy (non-hydrogen) atoms. The summed E-state index contributed by atoms with van der Waals surface area (Å²) in [5.74, 6) is 0. The topological polar surface area (TPSA) is 25.2 Å². The highest BCUT2D eigenvalue weighted by atomic mass is 79.9. The number of aliphatic imine (C=N–C) groups is 1. The van der Waals surface area contributed by atoms with Gasteiger partial charge in [0.1, 0.15) is 4.60 Å². The average Bonchev–Trinajstić information content (AvgIpc) is 2.37. The van der Waals surface area contributed by atoms with Gasteiger partial charge in [0.05, 0.1) is 11.7 Å². The van der Waals surface area contributed by atoms with E-state index in [-0.39, 0.29) is 6.04 Å². The second kappa shape index (κ2) is 5.73. The number of hydrogen-bond acceptors (Lipinski definition) is 2. The van der Waals surface area contributed by atoms with E-state index in [9.17, 15) is 0 Å². The molecule has 0 spiro atoms. The van der Waals surface area contributed by atoms with Crippen LogP contribution in [0.1, 0.15) is 24.2 Å². The Bertz CT molecular complexity index is 509. The molecule has 0 aliphatic heterocycles. The number of benzene rings is 1. The molecule has 0 aliphatic carbocycles. The number of nitrogens with zero attached hydrogens (tertiary/aromatic N) is 2. The van der Waals surface area contributed by atoms with Gasteiger partial charge in [0.15, 0.2) is 0 Å². The number of pyridine rings is 1. The van der Waals surface area contributed by atoms with E-state index in [4.69, 9.17) is 0 Å². The van der Waals surface area contributed by atoms with Gasteiger partial charge in [0.25, 0.3) is 0 Å². The predicted molar refractivity (Wildman–Crippen MR) is 74.4 cm³/mol. The number of hydrogen-bond donors (Lipinski definition) is 0. The van der Waals surface area contributed by atoms with Gasteiger partial charge >= 0.3 is 0 Å². The van der Waals surface area contributed by atoms with E-state index in [2.05, 4.69) is 45.0 Å². The molecule has 0 saturated carbocycles. The van der Waals surface area contributed by atoms with Gasteiger partial charge in [-0.2, -0.15) is 0 Å². The molecule has 0 aliphatic rings. The lowest BCUT2D eigenvalue weighted by Gasteiger charge is -2.05. The summed E-state index contributed by atoms with van der Waals surface area (Å²) in [5.41, 5.74) is 2.07. The summed E-state index contributed by atoms with van der Waals surface area (Å²) >= 11 is 3.34. The van der Waals surface area contributed by atoms with Crippen molar-refractivity contribution in [2.24, 2.45) is 4.99 Å². The fourth-order valence-electron chi connectivity index (χ4n) is 1.50. The standard InChI is InChI=1S/C14H13BrN2/c1-11(12-6-3-2-4-7-12)16-10-13-8-5-9-14(15)17-13/h2-11H,1H3/b16-10+. The van der Waals surface area contributed by atoms with Crippen molar-refractivity contribution >= 4 is 22.1 Å². The molecule has 0 fully saturated rings. The van der Waals surface area contributed by atoms with Crippen LogP contribution in [0.25, 0.3) is 0 Å². The van der Waals surface area contributed by atoms with E-state index < -0.39 is 0 Å². The van der Waals surface area contributed by atoms with Crippen LogP contribution in [0.2, 0.25) is 0 Å². The molecule has 0 N–H and O–H groups in total. The Labute approximate surface area is 110 Å². The highest BCUT2D eigenvalue weighted by Gasteiger charge is 2.00. The predicted octanol–water partition coefficient (Wildman–Crippen LogP) is 4.02. The zero-order valence-corrected chi connectivity index (χ0v) is 11.1. The molecule has 2 rings (SSSR count). The molecule has 2 nitrogen and oxygen atoms in total. The molecule has 86 valence electrons. The van der Waals surface area contributed by atoms with Gasteiger partial charge in [0, 0.05) is 6.21 Å². The van der Waals surface area contributed by atoms with Gasteiger partial charge in [-0.3, -0.25) is 4.99 Å². The summed E-state index contributed by atoms with van der Waals surface area (Å²) in [7, 11) is 0. The van der Waals surface area contributed by atoms with Crippen LogP contribution >= 0.6 is 15.9 Å². The van der Waals surface area contributed by atoms with Crippen LogP contribution in [0.5, 0.6) is 0 Å². The smallest absolute Gasteiger partial charge is 0.106 e. The molecule has 1 aromatic heterocycles. The van der Waals surface area contributed by atoms with Gasteiger partial charge in [-0.25, -0.2) is 4.98 Å². The van der Waals surface area contributed by atoms with Crippen LogP contribution in [0.15, 0.2) is 58.1 Å². The summed E-state index contributed by atoms with van der Waals surface area (Å²) in [6, 6.07) is 16.2. The van der Waals surface area contributed by atoms with Gasteiger partial charge in [-0.05, 0) is 40.5 Å². The molecule has 0 bridgehead atoms. The number of aromatic nitrogens is 1. The molecule has 1 heterocycles. The number of halogens is 1. The maximum Gasteiger partial charge on any atom is 0.106 e. The Morgan fingerprint density at radius 2 is 1.88 bits per heavy atom. The fourth-order valence-corrected chi connectivity index (χ4v) is 1.86. The Balaban J connectivity index is 2.11. The average molecular weight is 289 g/mol. The molecule has 3 heteroatoms. The molecule has 2 aromatic rings. The van der Waals surface area contributed by atoms with Crippen LogP contribution in [0, 0.1) is 0 Å². The molecule has 0 amide bonds. The SMILES string of the molecule is CC(/N=C/c1cccc(Br)n1)c1ccccc1. The third kappa shape index (κ3) is 3.49. The zero-order valence-electron chi connectivity index (χ0n) is 9.55. The van der Waals surface area contributed by atoms with Crippen molar-refractivity contribution in [3.05, 3.63) is 64.4 Å². The minimum atomic E-state index is 0.150. The van der Waals surface area contributed by atoms with Crippen LogP contribution in [0.4, 0.5) is 0 Å². The summed E-state index contributed by atoms with van der Waals surface area (Å²) in [5, 5.41) is 0. The molecule has 0 saturated heterocycles. The lowest BCUT2D eigenvalue weighted by molar-refractivity contribution is 0.824. The highest BCUT2D eigenvalue weighted by Crippen LogP contribution is 2.15. The van der Waals surface area contributed by atoms with E-state index in [1.165, 1.54) is 5.56 Å². The van der Waals surface area contributed by atoms with E-state index >= 15 is 0 Å². The van der Waals surface area contributed by atoms with Crippen molar-refractivity contribution in [3.63, 3.8) is 0 Å². The van der Waals surface area contributed by atoms with Crippen molar-refractivity contribution in [1.29, 1.82) is 0 Å². The molecular formula is C14H13BrN2. The van der Waals surface area contributed by atoms with E-state index in [0.29, 0.717) is 0 Å². The van der Waals surface area contributed by atoms with Gasteiger partial charge < -0.3 is 0 Å². The minimum absolute atomic E-state index is 0.150. The van der Waals surface area contributed by atoms with Crippen LogP contribution in [-0.4, -0.2) is 11.2 Å². The first-order valence-corrected chi connectivity index (χ1v) is 6.25. The quantitative estimate of drug-likeness (QED) is 0.618. The van der Waals surface area contributed by atoms with Gasteiger partial charge in [-0.1, -0.05) is 36.4 Å². The van der Waals surface area contributed by atoms with E-state index in [0.717, 1.165) is 10.3 Å². The van der Waals surface area contributed by atoms with Crippen molar-refractivity contribution in [2.75, 3.05) is 0 Å². The first kappa shape index (κ1) is 12.0. The molecule has 1 unspecified atom stereocenters. The Morgan fingerprint density at radius 1 is 1.12 bits per heavy atom. The van der Waals surface area contributed by atoms with Crippen molar-refractivity contribution in [1.82, 2.24) is 4.98 Å². The fraction of sp³-hybridized carbons (Fsp3) is 0.143. The summed E-state index contributed by atoms with van der Waals surface area (Å²) in [4.78, 5) is 8.80. The highest BCUT2D eigenvalue weighted by molar-refractivity contribution is 9.10. The molecule has 0 radical (unpaired) electrons. The first-order chi connectivity index (χ1) is 8.25. The monoisotopic (exact) mass is 288 g/mol. The third-order valence-electron chi connectivity index (χ3n) is 2.45. The maximum atomic E-state index is 4.50. The Morgan fingerprint density at radius 3 is 2.59 bits per heavy atom. The first-order valence-electron chi connectivity index (χ1n) is 5.46. The van der Waals surface area contributed by atoms with Crippen molar-refractivity contribution < 1.29 is 0 Å². The van der Waals surface area contributed by atoms with E-state index in [1.54, 1.807) is 0 Å². The maximum absolute atomic E-state index is 4.50. The lowest BCUT2D eigenvalue weighted by atomic mass is 10.1. The van der Waals surface area contributed by atoms with Gasteiger partial charge in [-0.15, -0.1) is 0 Å².